The van der Waals surface area contributed by atoms with Gasteiger partial charge in [-0.25, -0.2) is 4.79 Å². The molecule has 0 aliphatic carbocycles. The van der Waals surface area contributed by atoms with Crippen molar-refractivity contribution in [2.24, 2.45) is 5.41 Å². The lowest BCUT2D eigenvalue weighted by atomic mass is 9.93. The topological polar surface area (TPSA) is 153 Å². The summed E-state index contributed by atoms with van der Waals surface area (Å²) in [4.78, 5) is 70.4. The number of nitrogens with one attached hydrogen (secondary N) is 2. The molecule has 2 N–H and O–H groups in total. The highest BCUT2D eigenvalue weighted by atomic mass is 32.2. The van der Waals surface area contributed by atoms with Crippen LogP contribution in [0.2, 0.25) is 0 Å². The summed E-state index contributed by atoms with van der Waals surface area (Å²) in [6, 6.07) is 17.8. The first-order valence-electron chi connectivity index (χ1n) is 15.7. The third kappa shape index (κ3) is 9.86. The van der Waals surface area contributed by atoms with Gasteiger partial charge in [0.2, 0.25) is 5.91 Å². The normalized spacial score (nSPS) is 11.4. The Bertz CT molecular complexity index is 1870. The minimum Gasteiger partial charge on any atom is -0.465 e. The number of hydrogen-bond donors (Lipinski definition) is 2. The first kappa shape index (κ1) is 36.5. The van der Waals surface area contributed by atoms with Crippen LogP contribution in [0.3, 0.4) is 0 Å². The highest BCUT2D eigenvalue weighted by molar-refractivity contribution is 7.99. The second-order valence-corrected chi connectivity index (χ2v) is 13.0. The van der Waals surface area contributed by atoms with Crippen LogP contribution in [0.1, 0.15) is 55.9 Å². The summed E-state index contributed by atoms with van der Waals surface area (Å²) in [5.74, 6) is -1.15. The number of esters is 1. The van der Waals surface area contributed by atoms with Crippen LogP contribution in [-0.4, -0.2) is 82.6 Å². The SMILES string of the molecule is CNC(=O)c1ccccc1Sc1ccc2c(/C=C/c3ccccn3)nn(C(=O)N(CCNC(C)=O)CC(C)(C)C(=O)OCCC(C)=O)c2c1. The number of amides is 3. The van der Waals surface area contributed by atoms with Gasteiger partial charge in [-0.3, -0.25) is 24.2 Å². The zero-order chi connectivity index (χ0) is 35.6. The highest BCUT2D eigenvalue weighted by Gasteiger charge is 2.35. The lowest BCUT2D eigenvalue weighted by molar-refractivity contribution is -0.155. The number of nitrogens with zero attached hydrogens (tertiary/aromatic N) is 4. The van der Waals surface area contributed by atoms with Crippen molar-refractivity contribution in [1.82, 2.24) is 30.3 Å². The fraction of sp³-hybridized carbons (Fsp3) is 0.306. The Morgan fingerprint density at radius 2 is 1.76 bits per heavy atom. The van der Waals surface area contributed by atoms with Crippen LogP contribution >= 0.6 is 11.8 Å². The van der Waals surface area contributed by atoms with Crippen LogP contribution in [0.4, 0.5) is 4.79 Å². The molecule has 0 unspecified atom stereocenters. The Morgan fingerprint density at radius 1 is 1.00 bits per heavy atom. The molecular formula is C36H40N6O6S. The van der Waals surface area contributed by atoms with Crippen LogP contribution in [0, 0.1) is 5.41 Å². The zero-order valence-electron chi connectivity index (χ0n) is 28.2. The largest absolute Gasteiger partial charge is 0.465 e. The van der Waals surface area contributed by atoms with Gasteiger partial charge in [-0.05, 0) is 75.4 Å². The molecular weight excluding hydrogens is 644 g/mol. The van der Waals surface area contributed by atoms with Gasteiger partial charge < -0.3 is 20.3 Å². The molecule has 2 aromatic carbocycles. The number of benzene rings is 2. The van der Waals surface area contributed by atoms with Crippen molar-refractivity contribution in [2.45, 2.75) is 43.9 Å². The molecule has 0 radical (unpaired) electrons. The van der Waals surface area contributed by atoms with Gasteiger partial charge >= 0.3 is 12.0 Å². The number of fused-ring (bicyclic) bond motifs is 1. The molecule has 4 aromatic rings. The number of hydrogen-bond acceptors (Lipinski definition) is 9. The van der Waals surface area contributed by atoms with Crippen LogP contribution in [0.5, 0.6) is 0 Å². The van der Waals surface area contributed by atoms with E-state index in [1.165, 1.54) is 35.2 Å². The van der Waals surface area contributed by atoms with Gasteiger partial charge in [-0.15, -0.1) is 0 Å². The molecule has 2 aromatic heterocycles. The van der Waals surface area contributed by atoms with Crippen molar-refractivity contribution in [3.63, 3.8) is 0 Å². The van der Waals surface area contributed by atoms with Crippen molar-refractivity contribution in [1.29, 1.82) is 0 Å². The molecule has 256 valence electrons. The smallest absolute Gasteiger partial charge is 0.345 e. The lowest BCUT2D eigenvalue weighted by Gasteiger charge is -2.31. The van der Waals surface area contributed by atoms with Crippen molar-refractivity contribution < 1.29 is 28.7 Å². The van der Waals surface area contributed by atoms with Crippen LogP contribution in [-0.2, 0) is 19.1 Å². The molecule has 0 fully saturated rings. The third-order valence-electron chi connectivity index (χ3n) is 7.40. The van der Waals surface area contributed by atoms with E-state index in [2.05, 4.69) is 15.6 Å². The van der Waals surface area contributed by atoms with E-state index in [9.17, 15) is 24.0 Å². The van der Waals surface area contributed by atoms with E-state index in [0.717, 1.165) is 9.79 Å². The molecule has 0 saturated carbocycles. The van der Waals surface area contributed by atoms with Crippen LogP contribution in [0.15, 0.2) is 76.7 Å². The van der Waals surface area contributed by atoms with E-state index in [4.69, 9.17) is 9.84 Å². The van der Waals surface area contributed by atoms with Crippen molar-refractivity contribution in [2.75, 3.05) is 33.3 Å². The van der Waals surface area contributed by atoms with E-state index in [-0.39, 0.29) is 50.3 Å². The predicted molar refractivity (Wildman–Crippen MR) is 188 cm³/mol. The summed E-state index contributed by atoms with van der Waals surface area (Å²) in [5, 5.41) is 10.8. The highest BCUT2D eigenvalue weighted by Crippen LogP contribution is 2.34. The second kappa shape index (κ2) is 16.7. The van der Waals surface area contributed by atoms with E-state index in [1.54, 1.807) is 51.4 Å². The monoisotopic (exact) mass is 684 g/mol. The van der Waals surface area contributed by atoms with E-state index >= 15 is 0 Å². The summed E-state index contributed by atoms with van der Waals surface area (Å²) in [7, 11) is 1.57. The molecule has 3 amide bonds. The number of ether oxygens (including phenoxy) is 1. The van der Waals surface area contributed by atoms with Crippen LogP contribution in [0.25, 0.3) is 23.1 Å². The summed E-state index contributed by atoms with van der Waals surface area (Å²) in [6.45, 7) is 6.21. The Kier molecular flexibility index (Phi) is 12.4. The summed E-state index contributed by atoms with van der Waals surface area (Å²) in [6.07, 6.45) is 5.35. The van der Waals surface area contributed by atoms with Crippen molar-refractivity contribution in [3.8, 4) is 0 Å². The molecule has 0 spiro atoms. The number of Topliss-reactive ketones (excluding diaryl/α,β-unsaturated/α-hetero) is 1. The number of rotatable bonds is 14. The molecule has 0 bridgehead atoms. The Morgan fingerprint density at radius 3 is 2.45 bits per heavy atom. The van der Waals surface area contributed by atoms with Gasteiger partial charge in [0.25, 0.3) is 5.91 Å². The van der Waals surface area contributed by atoms with Gasteiger partial charge in [0, 0.05) is 61.4 Å². The molecule has 12 nitrogen and oxygen atoms in total. The Labute approximate surface area is 289 Å². The average molecular weight is 685 g/mol. The van der Waals surface area contributed by atoms with E-state index in [1.807, 2.05) is 48.5 Å². The third-order valence-corrected chi connectivity index (χ3v) is 8.47. The second-order valence-electron chi connectivity index (χ2n) is 11.9. The molecule has 4 rings (SSSR count). The van der Waals surface area contributed by atoms with Gasteiger partial charge in [-0.2, -0.15) is 9.78 Å². The minimum atomic E-state index is -1.15. The van der Waals surface area contributed by atoms with Crippen molar-refractivity contribution >= 4 is 64.4 Å². The molecule has 0 aliphatic rings. The molecule has 2 heterocycles. The summed E-state index contributed by atoms with van der Waals surface area (Å²) >= 11 is 1.37. The Hall–Kier alpha value is -5.30. The maximum absolute atomic E-state index is 14.4. The first-order valence-corrected chi connectivity index (χ1v) is 16.5. The molecule has 13 heteroatoms. The number of aromatic nitrogens is 3. The maximum Gasteiger partial charge on any atom is 0.345 e. The lowest BCUT2D eigenvalue weighted by Crippen LogP contribution is -2.47. The number of pyridine rings is 1. The van der Waals surface area contributed by atoms with Gasteiger partial charge in [0.1, 0.15) is 5.78 Å². The quantitative estimate of drug-likeness (QED) is 0.174. The molecule has 49 heavy (non-hydrogen) atoms. The minimum absolute atomic E-state index is 0.0568. The first-order chi connectivity index (χ1) is 23.4. The van der Waals surface area contributed by atoms with Gasteiger partial charge in [0.05, 0.1) is 34.5 Å². The average Bonchev–Trinajstić information content (AvgIpc) is 3.44. The molecule has 0 atom stereocenters. The van der Waals surface area contributed by atoms with Crippen molar-refractivity contribution in [3.05, 3.63) is 83.8 Å². The number of carbonyl (C=O) groups excluding carboxylic acids is 5. The number of ketones is 1. The summed E-state index contributed by atoms with van der Waals surface area (Å²) < 4.78 is 6.65. The molecule has 0 saturated heterocycles. The van der Waals surface area contributed by atoms with Gasteiger partial charge in [-0.1, -0.05) is 30.0 Å². The maximum atomic E-state index is 14.4. The Balaban J connectivity index is 1.76. The predicted octanol–water partition coefficient (Wildman–Crippen LogP) is 5.07. The van der Waals surface area contributed by atoms with Gasteiger partial charge in [0.15, 0.2) is 0 Å². The zero-order valence-corrected chi connectivity index (χ0v) is 29.0. The van der Waals surface area contributed by atoms with E-state index in [0.29, 0.717) is 27.9 Å². The molecule has 0 aliphatic heterocycles. The van der Waals surface area contributed by atoms with Crippen LogP contribution < -0.4 is 10.6 Å². The van der Waals surface area contributed by atoms with E-state index < -0.39 is 17.4 Å². The number of carbonyl (C=O) groups is 5. The fourth-order valence-corrected chi connectivity index (χ4v) is 5.84. The summed E-state index contributed by atoms with van der Waals surface area (Å²) in [5.41, 5.74) is 1.08. The standard InChI is InChI=1S/C36H40N6O6S/c1-24(43)17-21-48-34(46)36(3,4)23-41(20-19-38-25(2)44)35(47)42-31-22-27(49-32-12-7-6-11-29(32)33(45)37-5)14-15-28(31)30(40-42)16-13-26-10-8-9-18-39-26/h6-16,18,22H,17,19-21,23H2,1-5H3,(H,37,45)(H,38,44)/b16-13+. The fourth-order valence-electron chi connectivity index (χ4n) is 4.86.